The van der Waals surface area contributed by atoms with Crippen molar-refractivity contribution in [1.82, 2.24) is 9.97 Å². The Hall–Kier alpha value is -2.21. The molecule has 2 heterocycles. The number of aromatic nitrogens is 2. The third-order valence-corrected chi connectivity index (χ3v) is 4.10. The summed E-state index contributed by atoms with van der Waals surface area (Å²) < 4.78 is 13.7. The molecule has 23 heavy (non-hydrogen) atoms. The summed E-state index contributed by atoms with van der Waals surface area (Å²) in [4.78, 5) is 22.5. The minimum absolute atomic E-state index is 0.144. The van der Waals surface area contributed by atoms with Gasteiger partial charge in [0.1, 0.15) is 23.8 Å². The van der Waals surface area contributed by atoms with Gasteiger partial charge in [-0.1, -0.05) is 17.7 Å². The first-order chi connectivity index (χ1) is 11.1. The molecule has 0 unspecified atom stereocenters. The van der Waals surface area contributed by atoms with E-state index in [9.17, 15) is 9.18 Å². The molecule has 1 aliphatic heterocycles. The number of benzene rings is 1. The van der Waals surface area contributed by atoms with Crippen LogP contribution in [0.25, 0.3) is 0 Å². The SMILES string of the molecule is O=C(Cc1c(F)cccc1Cl)Nc1cc(N2CCCC2)ncn1. The van der Waals surface area contributed by atoms with E-state index in [1.807, 2.05) is 0 Å². The molecule has 3 rings (SSSR count). The largest absolute Gasteiger partial charge is 0.356 e. The van der Waals surface area contributed by atoms with Crippen molar-refractivity contribution in [2.75, 3.05) is 23.3 Å². The molecular weight excluding hydrogens is 319 g/mol. The molecule has 0 radical (unpaired) electrons. The molecular formula is C16H16ClFN4O. The molecule has 2 aromatic rings. The number of nitrogens with zero attached hydrogens (tertiary/aromatic N) is 3. The van der Waals surface area contributed by atoms with E-state index in [0.717, 1.165) is 31.7 Å². The summed E-state index contributed by atoms with van der Waals surface area (Å²) in [5, 5.41) is 2.90. The van der Waals surface area contributed by atoms with E-state index in [1.54, 1.807) is 12.1 Å². The second-order valence-corrected chi connectivity index (χ2v) is 5.79. The normalized spacial score (nSPS) is 14.1. The number of carbonyl (C=O) groups is 1. The average Bonchev–Trinajstić information content (AvgIpc) is 3.06. The van der Waals surface area contributed by atoms with Gasteiger partial charge in [0.25, 0.3) is 0 Å². The Morgan fingerprint density at radius 3 is 2.83 bits per heavy atom. The second kappa shape index (κ2) is 6.91. The van der Waals surface area contributed by atoms with Gasteiger partial charge in [-0.05, 0) is 25.0 Å². The Morgan fingerprint density at radius 2 is 2.09 bits per heavy atom. The van der Waals surface area contributed by atoms with Gasteiger partial charge in [-0.15, -0.1) is 0 Å². The van der Waals surface area contributed by atoms with Crippen molar-refractivity contribution < 1.29 is 9.18 Å². The van der Waals surface area contributed by atoms with Crippen molar-refractivity contribution >= 4 is 29.1 Å². The van der Waals surface area contributed by atoms with E-state index in [2.05, 4.69) is 20.2 Å². The van der Waals surface area contributed by atoms with E-state index >= 15 is 0 Å². The Bertz CT molecular complexity index is 699. The fourth-order valence-corrected chi connectivity index (χ4v) is 2.81. The van der Waals surface area contributed by atoms with Crippen LogP contribution in [0.1, 0.15) is 18.4 Å². The van der Waals surface area contributed by atoms with Crippen LogP contribution in [0.3, 0.4) is 0 Å². The molecule has 0 saturated carbocycles. The lowest BCUT2D eigenvalue weighted by Crippen LogP contribution is -2.20. The van der Waals surface area contributed by atoms with Crippen LogP contribution in [-0.4, -0.2) is 29.0 Å². The van der Waals surface area contributed by atoms with Crippen LogP contribution < -0.4 is 10.2 Å². The van der Waals surface area contributed by atoms with Gasteiger partial charge in [-0.2, -0.15) is 0 Å². The standard InChI is InChI=1S/C16H16ClFN4O/c17-12-4-3-5-13(18)11(12)8-16(23)21-14-9-15(20-10-19-14)22-6-1-2-7-22/h3-5,9-10H,1-2,6-8H2,(H,19,20,21,23). The molecule has 5 nitrogen and oxygen atoms in total. The van der Waals surface area contributed by atoms with Crippen molar-refractivity contribution in [3.8, 4) is 0 Å². The van der Waals surface area contributed by atoms with Crippen molar-refractivity contribution in [2.24, 2.45) is 0 Å². The number of hydrogen-bond acceptors (Lipinski definition) is 4. The number of amides is 1. The lowest BCUT2D eigenvalue weighted by Gasteiger charge is -2.16. The van der Waals surface area contributed by atoms with E-state index in [1.165, 1.54) is 18.5 Å². The minimum Gasteiger partial charge on any atom is -0.356 e. The molecule has 1 aliphatic rings. The van der Waals surface area contributed by atoms with Crippen molar-refractivity contribution in [2.45, 2.75) is 19.3 Å². The molecule has 0 atom stereocenters. The average molecular weight is 335 g/mol. The van der Waals surface area contributed by atoms with Crippen molar-refractivity contribution in [3.63, 3.8) is 0 Å². The lowest BCUT2D eigenvalue weighted by molar-refractivity contribution is -0.115. The summed E-state index contributed by atoms with van der Waals surface area (Å²) in [7, 11) is 0. The highest BCUT2D eigenvalue weighted by molar-refractivity contribution is 6.31. The van der Waals surface area contributed by atoms with E-state index < -0.39 is 5.82 Å². The predicted octanol–water partition coefficient (Wildman–Crippen LogP) is 3.05. The summed E-state index contributed by atoms with van der Waals surface area (Å²) >= 11 is 5.94. The Morgan fingerprint density at radius 1 is 1.30 bits per heavy atom. The van der Waals surface area contributed by atoms with Crippen molar-refractivity contribution in [1.29, 1.82) is 0 Å². The summed E-state index contributed by atoms with van der Waals surface area (Å²) in [6.45, 7) is 1.91. The molecule has 7 heteroatoms. The molecule has 120 valence electrons. The molecule has 1 saturated heterocycles. The smallest absolute Gasteiger partial charge is 0.230 e. The zero-order chi connectivity index (χ0) is 16.2. The maximum Gasteiger partial charge on any atom is 0.230 e. The van der Waals surface area contributed by atoms with Gasteiger partial charge in [0.15, 0.2) is 0 Å². The second-order valence-electron chi connectivity index (χ2n) is 5.38. The maximum absolute atomic E-state index is 13.7. The third kappa shape index (κ3) is 3.76. The van der Waals surface area contributed by atoms with E-state index in [4.69, 9.17) is 11.6 Å². The van der Waals surface area contributed by atoms with Crippen LogP contribution in [0.4, 0.5) is 16.0 Å². The first-order valence-corrected chi connectivity index (χ1v) is 7.81. The quantitative estimate of drug-likeness (QED) is 0.933. The Labute approximate surface area is 138 Å². The molecule has 0 spiro atoms. The summed E-state index contributed by atoms with van der Waals surface area (Å²) in [5.41, 5.74) is 0.181. The van der Waals surface area contributed by atoms with E-state index in [-0.39, 0.29) is 22.9 Å². The molecule has 1 amide bonds. The lowest BCUT2D eigenvalue weighted by atomic mass is 10.1. The van der Waals surface area contributed by atoms with Crippen LogP contribution in [-0.2, 0) is 11.2 Å². The number of rotatable bonds is 4. The predicted molar refractivity (Wildman–Crippen MR) is 87.2 cm³/mol. The Balaban J connectivity index is 1.69. The van der Waals surface area contributed by atoms with Crippen LogP contribution >= 0.6 is 11.6 Å². The van der Waals surface area contributed by atoms with Gasteiger partial charge < -0.3 is 10.2 Å². The monoisotopic (exact) mass is 334 g/mol. The van der Waals surface area contributed by atoms with Gasteiger partial charge in [-0.25, -0.2) is 14.4 Å². The zero-order valence-electron chi connectivity index (χ0n) is 12.4. The van der Waals surface area contributed by atoms with Crippen LogP contribution in [0.5, 0.6) is 0 Å². The van der Waals surface area contributed by atoms with Crippen LogP contribution in [0, 0.1) is 5.82 Å². The zero-order valence-corrected chi connectivity index (χ0v) is 13.2. The van der Waals surface area contributed by atoms with Gasteiger partial charge in [0.2, 0.25) is 5.91 Å². The molecule has 1 fully saturated rings. The van der Waals surface area contributed by atoms with Crippen LogP contribution in [0.2, 0.25) is 5.02 Å². The number of carbonyl (C=O) groups excluding carboxylic acids is 1. The van der Waals surface area contributed by atoms with Gasteiger partial charge in [0, 0.05) is 29.7 Å². The summed E-state index contributed by atoms with van der Waals surface area (Å²) in [5.74, 6) is 0.326. The third-order valence-electron chi connectivity index (χ3n) is 3.75. The highest BCUT2D eigenvalue weighted by Gasteiger charge is 2.16. The van der Waals surface area contributed by atoms with Crippen molar-refractivity contribution in [3.05, 3.63) is 47.0 Å². The molecule has 0 bridgehead atoms. The fraction of sp³-hybridized carbons (Fsp3) is 0.312. The van der Waals surface area contributed by atoms with E-state index in [0.29, 0.717) is 5.82 Å². The first-order valence-electron chi connectivity index (χ1n) is 7.43. The minimum atomic E-state index is -0.493. The highest BCUT2D eigenvalue weighted by Crippen LogP contribution is 2.21. The number of hydrogen-bond donors (Lipinski definition) is 1. The van der Waals surface area contributed by atoms with Gasteiger partial charge in [-0.3, -0.25) is 4.79 Å². The topological polar surface area (TPSA) is 58.1 Å². The summed E-state index contributed by atoms with van der Waals surface area (Å²) in [6, 6.07) is 6.08. The molecule has 1 aromatic carbocycles. The Kier molecular flexibility index (Phi) is 4.71. The summed E-state index contributed by atoms with van der Waals surface area (Å²) in [6.07, 6.45) is 3.54. The van der Waals surface area contributed by atoms with Gasteiger partial charge in [0.05, 0.1) is 6.42 Å². The molecule has 0 aliphatic carbocycles. The molecule has 1 N–H and O–H groups in total. The van der Waals surface area contributed by atoms with Gasteiger partial charge >= 0.3 is 0 Å². The number of nitrogens with one attached hydrogen (secondary N) is 1. The first kappa shape index (κ1) is 15.7. The molecule has 1 aromatic heterocycles. The fourth-order valence-electron chi connectivity index (χ4n) is 2.58. The maximum atomic E-state index is 13.7. The highest BCUT2D eigenvalue weighted by atomic mass is 35.5. The number of anilines is 2. The van der Waals surface area contributed by atoms with Crippen LogP contribution in [0.15, 0.2) is 30.6 Å². The number of halogens is 2.